The van der Waals surface area contributed by atoms with Crippen molar-refractivity contribution in [2.24, 2.45) is 11.8 Å². The Hall–Kier alpha value is -0.980. The van der Waals surface area contributed by atoms with Gasteiger partial charge in [-0.15, -0.1) is 0 Å². The molecule has 0 saturated carbocycles. The van der Waals surface area contributed by atoms with Crippen LogP contribution in [-0.2, 0) is 11.2 Å². The predicted molar refractivity (Wildman–Crippen MR) is 68.7 cm³/mol. The van der Waals surface area contributed by atoms with Crippen LogP contribution in [0.2, 0.25) is 0 Å². The number of hydrazine groups is 1. The maximum absolute atomic E-state index is 5.77. The molecule has 1 aromatic rings. The molecule has 1 aliphatic heterocycles. The van der Waals surface area contributed by atoms with Gasteiger partial charge in [0.25, 0.3) is 0 Å². The quantitative estimate of drug-likeness (QED) is 0.595. The van der Waals surface area contributed by atoms with Gasteiger partial charge >= 0.3 is 0 Å². The minimum atomic E-state index is 0.0872. The molecule has 0 bridgehead atoms. The fraction of sp³-hybridized carbons (Fsp3) is 0.833. The highest BCUT2D eigenvalue weighted by molar-refractivity contribution is 4.95. The van der Waals surface area contributed by atoms with Crippen molar-refractivity contribution in [3.63, 3.8) is 0 Å². The highest BCUT2D eigenvalue weighted by atomic mass is 16.5. The van der Waals surface area contributed by atoms with E-state index in [0.29, 0.717) is 12.0 Å². The lowest BCUT2D eigenvalue weighted by atomic mass is 9.95. The van der Waals surface area contributed by atoms with Crippen LogP contribution in [-0.4, -0.2) is 33.5 Å². The van der Waals surface area contributed by atoms with Crippen molar-refractivity contribution in [1.82, 2.24) is 20.2 Å². The summed E-state index contributed by atoms with van der Waals surface area (Å²) in [5.41, 5.74) is 2.87. The maximum Gasteiger partial charge on any atom is 0.138 e. The summed E-state index contributed by atoms with van der Waals surface area (Å²) in [4.78, 5) is 4.32. The number of ether oxygens (including phenoxy) is 1. The van der Waals surface area contributed by atoms with Gasteiger partial charge in [0, 0.05) is 19.1 Å². The molecule has 0 spiro atoms. The second-order valence-electron chi connectivity index (χ2n) is 5.29. The van der Waals surface area contributed by atoms with Crippen molar-refractivity contribution < 1.29 is 4.74 Å². The summed E-state index contributed by atoms with van der Waals surface area (Å²) >= 11 is 0. The van der Waals surface area contributed by atoms with E-state index in [0.717, 1.165) is 25.3 Å². The normalized spacial score (nSPS) is 25.8. The first-order valence-corrected chi connectivity index (χ1v) is 6.59. The van der Waals surface area contributed by atoms with Gasteiger partial charge in [-0.05, 0) is 26.2 Å². The molecule has 1 saturated heterocycles. The third kappa shape index (κ3) is 2.71. The van der Waals surface area contributed by atoms with Gasteiger partial charge in [-0.2, -0.15) is 5.10 Å². The van der Waals surface area contributed by atoms with Gasteiger partial charge in [0.05, 0.1) is 12.1 Å². The Labute approximate surface area is 108 Å². The van der Waals surface area contributed by atoms with Crippen molar-refractivity contribution in [2.75, 3.05) is 6.61 Å². The highest BCUT2D eigenvalue weighted by Gasteiger charge is 2.32. The summed E-state index contributed by atoms with van der Waals surface area (Å²) in [6, 6.07) is 0.395. The maximum atomic E-state index is 5.77. The molecule has 1 aliphatic rings. The Morgan fingerprint density at radius 3 is 2.94 bits per heavy atom. The summed E-state index contributed by atoms with van der Waals surface area (Å²) in [5, 5.41) is 4.24. The Kier molecular flexibility index (Phi) is 4.31. The molecule has 0 aromatic carbocycles. The van der Waals surface area contributed by atoms with Crippen molar-refractivity contribution >= 4 is 0 Å². The number of nitrogens with two attached hydrogens (primary N) is 1. The number of nitrogens with zero attached hydrogens (tertiary/aromatic N) is 3. The number of hydrogen-bond acceptors (Lipinski definition) is 5. The van der Waals surface area contributed by atoms with E-state index < -0.39 is 0 Å². The topological polar surface area (TPSA) is 78.0 Å². The lowest BCUT2D eigenvalue weighted by molar-refractivity contribution is 0.0600. The first-order valence-electron chi connectivity index (χ1n) is 6.59. The zero-order valence-corrected chi connectivity index (χ0v) is 11.3. The highest BCUT2D eigenvalue weighted by Crippen LogP contribution is 2.24. The van der Waals surface area contributed by atoms with Gasteiger partial charge in [-0.3, -0.25) is 11.3 Å². The average Bonchev–Trinajstić information content (AvgIpc) is 2.94. The summed E-state index contributed by atoms with van der Waals surface area (Å²) in [7, 11) is 0. The fourth-order valence-corrected chi connectivity index (χ4v) is 2.55. The van der Waals surface area contributed by atoms with E-state index in [2.05, 4.69) is 36.3 Å². The molecule has 6 heteroatoms. The zero-order chi connectivity index (χ0) is 13.1. The first-order chi connectivity index (χ1) is 8.63. The summed E-state index contributed by atoms with van der Waals surface area (Å²) in [6.45, 7) is 7.21. The third-order valence-corrected chi connectivity index (χ3v) is 3.59. The van der Waals surface area contributed by atoms with E-state index in [1.807, 2.05) is 4.68 Å². The van der Waals surface area contributed by atoms with Crippen molar-refractivity contribution in [3.05, 3.63) is 12.2 Å². The van der Waals surface area contributed by atoms with Crippen LogP contribution in [0.1, 0.15) is 39.1 Å². The molecule has 1 fully saturated rings. The Bertz CT molecular complexity index is 378. The minimum absolute atomic E-state index is 0.0872. The van der Waals surface area contributed by atoms with Gasteiger partial charge in [-0.1, -0.05) is 6.92 Å². The first kappa shape index (κ1) is 13.5. The molecule has 0 amide bonds. The van der Waals surface area contributed by atoms with Crippen LogP contribution in [0, 0.1) is 5.92 Å². The molecule has 0 radical (unpaired) electrons. The zero-order valence-electron chi connectivity index (χ0n) is 11.3. The van der Waals surface area contributed by atoms with E-state index >= 15 is 0 Å². The molecular weight excluding hydrogens is 230 g/mol. The number of aromatic nitrogens is 3. The van der Waals surface area contributed by atoms with Crippen LogP contribution < -0.4 is 11.3 Å². The molecule has 3 atom stereocenters. The lowest BCUT2D eigenvalue weighted by Crippen LogP contribution is -2.47. The van der Waals surface area contributed by atoms with Crippen LogP contribution in [0.5, 0.6) is 0 Å². The van der Waals surface area contributed by atoms with Crippen molar-refractivity contribution in [1.29, 1.82) is 0 Å². The summed E-state index contributed by atoms with van der Waals surface area (Å²) in [5.74, 6) is 7.15. The summed E-state index contributed by atoms with van der Waals surface area (Å²) < 4.78 is 7.70. The lowest BCUT2D eigenvalue weighted by Gasteiger charge is -2.25. The molecule has 3 N–H and O–H groups in total. The Balaban J connectivity index is 2.08. The minimum Gasteiger partial charge on any atom is -0.376 e. The monoisotopic (exact) mass is 253 g/mol. The van der Waals surface area contributed by atoms with Crippen LogP contribution in [0.15, 0.2) is 6.33 Å². The van der Waals surface area contributed by atoms with Crippen LogP contribution in [0.3, 0.4) is 0 Å². The molecule has 2 heterocycles. The van der Waals surface area contributed by atoms with Gasteiger partial charge in [0.15, 0.2) is 0 Å². The molecule has 18 heavy (non-hydrogen) atoms. The standard InChI is InChI=1S/C12H23N5O/c1-8(2)17-11(14-7-15-17)6-10(16-13)12-9(3)4-5-18-12/h7-10,12,16H,4-6,13H2,1-3H3. The number of rotatable bonds is 5. The molecule has 1 aromatic heterocycles. The fourth-order valence-electron chi connectivity index (χ4n) is 2.55. The average molecular weight is 253 g/mol. The van der Waals surface area contributed by atoms with E-state index in [4.69, 9.17) is 10.6 Å². The van der Waals surface area contributed by atoms with E-state index in [1.54, 1.807) is 6.33 Å². The van der Waals surface area contributed by atoms with Crippen LogP contribution in [0.4, 0.5) is 0 Å². The van der Waals surface area contributed by atoms with E-state index in [1.165, 1.54) is 0 Å². The molecule has 102 valence electrons. The third-order valence-electron chi connectivity index (χ3n) is 3.59. The number of hydrogen-bond donors (Lipinski definition) is 2. The molecular formula is C12H23N5O. The Morgan fingerprint density at radius 2 is 2.39 bits per heavy atom. The van der Waals surface area contributed by atoms with Crippen LogP contribution >= 0.6 is 0 Å². The van der Waals surface area contributed by atoms with Gasteiger partial charge in [0.2, 0.25) is 0 Å². The van der Waals surface area contributed by atoms with Gasteiger partial charge in [0.1, 0.15) is 12.2 Å². The molecule has 2 rings (SSSR count). The second kappa shape index (κ2) is 5.77. The van der Waals surface area contributed by atoms with Crippen molar-refractivity contribution in [2.45, 2.75) is 51.8 Å². The molecule has 6 nitrogen and oxygen atoms in total. The summed E-state index contributed by atoms with van der Waals surface area (Å²) in [6.07, 6.45) is 3.60. The van der Waals surface area contributed by atoms with Gasteiger partial charge in [-0.25, -0.2) is 9.67 Å². The van der Waals surface area contributed by atoms with Crippen molar-refractivity contribution in [3.8, 4) is 0 Å². The van der Waals surface area contributed by atoms with E-state index in [-0.39, 0.29) is 12.1 Å². The smallest absolute Gasteiger partial charge is 0.138 e. The van der Waals surface area contributed by atoms with E-state index in [9.17, 15) is 0 Å². The Morgan fingerprint density at radius 1 is 1.61 bits per heavy atom. The second-order valence-corrected chi connectivity index (χ2v) is 5.29. The molecule has 3 unspecified atom stereocenters. The molecule has 0 aliphatic carbocycles. The largest absolute Gasteiger partial charge is 0.376 e. The number of nitrogens with one attached hydrogen (secondary N) is 1. The SMILES string of the molecule is CC1CCOC1C(Cc1ncnn1C(C)C)NN. The van der Waals surface area contributed by atoms with Crippen LogP contribution in [0.25, 0.3) is 0 Å². The predicted octanol–water partition coefficient (Wildman–Crippen LogP) is 0.658. The van der Waals surface area contributed by atoms with Gasteiger partial charge < -0.3 is 4.74 Å².